The molecule has 2 aliphatic rings. The molecule has 1 aliphatic carbocycles. The quantitative estimate of drug-likeness (QED) is 0.630. The van der Waals surface area contributed by atoms with Gasteiger partial charge in [0, 0.05) is 32.0 Å². The zero-order valence-corrected chi connectivity index (χ0v) is 8.74. The van der Waals surface area contributed by atoms with Gasteiger partial charge >= 0.3 is 0 Å². The normalized spacial score (nSPS) is 22.7. The highest BCUT2D eigenvalue weighted by Crippen LogP contribution is 2.20. The van der Waals surface area contributed by atoms with Crippen molar-refractivity contribution in [2.75, 3.05) is 19.6 Å². The molecule has 0 aromatic carbocycles. The number of hydrogen-bond donors (Lipinski definition) is 1. The van der Waals surface area contributed by atoms with Gasteiger partial charge in [-0.3, -0.25) is 9.59 Å². The van der Waals surface area contributed by atoms with Crippen LogP contribution in [0.25, 0.3) is 0 Å². The maximum atomic E-state index is 12.0. The molecule has 2 rings (SSSR count). The molecule has 0 radical (unpaired) electrons. The van der Waals surface area contributed by atoms with Crippen LogP contribution in [0.15, 0.2) is 12.2 Å². The summed E-state index contributed by atoms with van der Waals surface area (Å²) >= 11 is 0. The van der Waals surface area contributed by atoms with Crippen molar-refractivity contribution in [2.45, 2.75) is 19.3 Å². The first-order chi connectivity index (χ1) is 7.27. The summed E-state index contributed by atoms with van der Waals surface area (Å²) in [4.78, 5) is 24.9. The Kier molecular flexibility index (Phi) is 3.04. The molecule has 0 aromatic rings. The maximum absolute atomic E-state index is 12.0. The Hall–Kier alpha value is -1.32. The lowest BCUT2D eigenvalue weighted by molar-refractivity contribution is -0.135. The van der Waals surface area contributed by atoms with E-state index in [0.717, 1.165) is 12.8 Å². The number of nitrogens with zero attached hydrogens (tertiary/aromatic N) is 1. The standard InChI is InChI=1S/C11H16N2O2/c14-10-5-7-13(8-6-12-10)11(15)9-3-1-2-4-9/h1-2,9H,3-8H2,(H,12,14). The molecule has 0 saturated carbocycles. The minimum atomic E-state index is 0.0508. The van der Waals surface area contributed by atoms with Crippen molar-refractivity contribution in [1.82, 2.24) is 10.2 Å². The third-order valence-corrected chi connectivity index (χ3v) is 2.98. The van der Waals surface area contributed by atoms with E-state index in [4.69, 9.17) is 0 Å². The zero-order valence-electron chi connectivity index (χ0n) is 8.74. The zero-order chi connectivity index (χ0) is 10.7. The fourth-order valence-electron chi connectivity index (χ4n) is 2.06. The summed E-state index contributed by atoms with van der Waals surface area (Å²) < 4.78 is 0. The summed E-state index contributed by atoms with van der Waals surface area (Å²) in [6, 6.07) is 0. The van der Waals surface area contributed by atoms with E-state index in [1.807, 2.05) is 4.90 Å². The van der Waals surface area contributed by atoms with Gasteiger partial charge in [0.2, 0.25) is 11.8 Å². The van der Waals surface area contributed by atoms with Crippen molar-refractivity contribution >= 4 is 11.8 Å². The molecular formula is C11H16N2O2. The largest absolute Gasteiger partial charge is 0.354 e. The van der Waals surface area contributed by atoms with Crippen LogP contribution in [0.3, 0.4) is 0 Å². The molecule has 4 nitrogen and oxygen atoms in total. The first kappa shape index (κ1) is 10.2. The van der Waals surface area contributed by atoms with Gasteiger partial charge in [0.15, 0.2) is 0 Å². The van der Waals surface area contributed by atoms with Crippen molar-refractivity contribution in [3.05, 3.63) is 12.2 Å². The molecule has 15 heavy (non-hydrogen) atoms. The fourth-order valence-corrected chi connectivity index (χ4v) is 2.06. The Labute approximate surface area is 89.3 Å². The second-order valence-electron chi connectivity index (χ2n) is 4.06. The van der Waals surface area contributed by atoms with Gasteiger partial charge in [0.25, 0.3) is 0 Å². The average Bonchev–Trinajstić information content (AvgIpc) is 2.67. The lowest BCUT2D eigenvalue weighted by Crippen LogP contribution is -2.37. The molecule has 0 spiro atoms. The molecule has 82 valence electrons. The minimum Gasteiger partial charge on any atom is -0.354 e. The molecular weight excluding hydrogens is 192 g/mol. The number of carbonyl (C=O) groups is 2. The van der Waals surface area contributed by atoms with Crippen LogP contribution in [-0.2, 0) is 9.59 Å². The third kappa shape index (κ3) is 2.37. The van der Waals surface area contributed by atoms with Crippen molar-refractivity contribution in [1.29, 1.82) is 0 Å². The van der Waals surface area contributed by atoms with Gasteiger partial charge in [-0.2, -0.15) is 0 Å². The molecule has 1 N–H and O–H groups in total. The summed E-state index contributed by atoms with van der Waals surface area (Å²) in [5.74, 6) is 0.379. The van der Waals surface area contributed by atoms with Crippen LogP contribution in [0.1, 0.15) is 19.3 Å². The minimum absolute atomic E-state index is 0.0508. The molecule has 2 amide bonds. The molecule has 1 heterocycles. The molecule has 0 bridgehead atoms. The molecule has 0 aromatic heterocycles. The second-order valence-corrected chi connectivity index (χ2v) is 4.06. The van der Waals surface area contributed by atoms with Crippen LogP contribution in [0.4, 0.5) is 0 Å². The summed E-state index contributed by atoms with van der Waals surface area (Å²) in [5.41, 5.74) is 0. The Bertz CT molecular complexity index is 291. The summed E-state index contributed by atoms with van der Waals surface area (Å²) in [7, 11) is 0. The Morgan fingerprint density at radius 1 is 1.33 bits per heavy atom. The summed E-state index contributed by atoms with van der Waals surface area (Å²) in [6.07, 6.45) is 6.27. The lowest BCUT2D eigenvalue weighted by atomic mass is 10.1. The van der Waals surface area contributed by atoms with Crippen molar-refractivity contribution < 1.29 is 9.59 Å². The van der Waals surface area contributed by atoms with Crippen LogP contribution in [0.5, 0.6) is 0 Å². The first-order valence-corrected chi connectivity index (χ1v) is 5.48. The molecule has 0 unspecified atom stereocenters. The fraction of sp³-hybridized carbons (Fsp3) is 0.636. The Morgan fingerprint density at radius 3 is 2.80 bits per heavy atom. The van der Waals surface area contributed by atoms with Crippen LogP contribution < -0.4 is 5.32 Å². The van der Waals surface area contributed by atoms with Gasteiger partial charge in [-0.15, -0.1) is 0 Å². The van der Waals surface area contributed by atoms with Crippen molar-refractivity contribution in [2.24, 2.45) is 5.92 Å². The van der Waals surface area contributed by atoms with Crippen LogP contribution in [0.2, 0.25) is 0 Å². The number of amides is 2. The van der Waals surface area contributed by atoms with Crippen LogP contribution in [0, 0.1) is 5.92 Å². The van der Waals surface area contributed by atoms with E-state index < -0.39 is 0 Å². The number of carbonyl (C=O) groups excluding carboxylic acids is 2. The molecule has 0 atom stereocenters. The van der Waals surface area contributed by atoms with E-state index in [2.05, 4.69) is 17.5 Å². The van der Waals surface area contributed by atoms with Gasteiger partial charge in [-0.05, 0) is 12.8 Å². The van der Waals surface area contributed by atoms with Crippen LogP contribution >= 0.6 is 0 Å². The SMILES string of the molecule is O=C1CCN(C(=O)C2CC=CC2)CCN1. The molecule has 4 heteroatoms. The van der Waals surface area contributed by atoms with Crippen LogP contribution in [-0.4, -0.2) is 36.3 Å². The molecule has 1 fully saturated rings. The Morgan fingerprint density at radius 2 is 2.07 bits per heavy atom. The van der Waals surface area contributed by atoms with Crippen molar-refractivity contribution in [3.63, 3.8) is 0 Å². The predicted octanol–water partition coefficient (Wildman–Crippen LogP) is 0.301. The second kappa shape index (κ2) is 4.47. The highest BCUT2D eigenvalue weighted by molar-refractivity contribution is 5.82. The topological polar surface area (TPSA) is 49.4 Å². The van der Waals surface area contributed by atoms with Gasteiger partial charge < -0.3 is 10.2 Å². The number of hydrogen-bond acceptors (Lipinski definition) is 2. The van der Waals surface area contributed by atoms with Crippen molar-refractivity contribution in [3.8, 4) is 0 Å². The highest BCUT2D eigenvalue weighted by Gasteiger charge is 2.26. The summed E-state index contributed by atoms with van der Waals surface area (Å²) in [5, 5.41) is 2.77. The van der Waals surface area contributed by atoms with Gasteiger partial charge in [-0.25, -0.2) is 0 Å². The van der Waals surface area contributed by atoms with Gasteiger partial charge in [0.1, 0.15) is 0 Å². The average molecular weight is 208 g/mol. The maximum Gasteiger partial charge on any atom is 0.226 e. The van der Waals surface area contributed by atoms with E-state index in [-0.39, 0.29) is 17.7 Å². The van der Waals surface area contributed by atoms with Gasteiger partial charge in [0.05, 0.1) is 0 Å². The van der Waals surface area contributed by atoms with E-state index in [9.17, 15) is 9.59 Å². The van der Waals surface area contributed by atoms with E-state index in [1.165, 1.54) is 0 Å². The first-order valence-electron chi connectivity index (χ1n) is 5.48. The van der Waals surface area contributed by atoms with E-state index in [0.29, 0.717) is 26.1 Å². The third-order valence-electron chi connectivity index (χ3n) is 2.98. The molecule has 1 aliphatic heterocycles. The number of allylic oxidation sites excluding steroid dienone is 2. The smallest absolute Gasteiger partial charge is 0.226 e. The van der Waals surface area contributed by atoms with E-state index in [1.54, 1.807) is 0 Å². The van der Waals surface area contributed by atoms with E-state index >= 15 is 0 Å². The number of rotatable bonds is 1. The summed E-state index contributed by atoms with van der Waals surface area (Å²) in [6.45, 7) is 1.81. The predicted molar refractivity (Wildman–Crippen MR) is 56.1 cm³/mol. The van der Waals surface area contributed by atoms with Gasteiger partial charge in [-0.1, -0.05) is 12.2 Å². The molecule has 1 saturated heterocycles. The number of nitrogens with one attached hydrogen (secondary N) is 1. The lowest BCUT2D eigenvalue weighted by Gasteiger charge is -2.22. The monoisotopic (exact) mass is 208 g/mol. The highest BCUT2D eigenvalue weighted by atomic mass is 16.2. The Balaban J connectivity index is 1.91.